The molecule has 1 aliphatic heterocycles. The van der Waals surface area contributed by atoms with E-state index in [4.69, 9.17) is 5.73 Å². The lowest BCUT2D eigenvalue weighted by Gasteiger charge is -2.32. The number of likely N-dealkylation sites (tertiary alicyclic amines) is 1. The summed E-state index contributed by atoms with van der Waals surface area (Å²) >= 11 is 3.16. The molecule has 2 heterocycles. The highest BCUT2D eigenvalue weighted by Crippen LogP contribution is 2.35. The van der Waals surface area contributed by atoms with Gasteiger partial charge in [0, 0.05) is 19.1 Å². The smallest absolute Gasteiger partial charge is 0.153 e. The quantitative estimate of drug-likeness (QED) is 0.815. The minimum atomic E-state index is 0.573. The molecule has 0 unspecified atom stereocenters. The van der Waals surface area contributed by atoms with Crippen molar-refractivity contribution < 1.29 is 0 Å². The van der Waals surface area contributed by atoms with Gasteiger partial charge in [-0.2, -0.15) is 4.37 Å². The summed E-state index contributed by atoms with van der Waals surface area (Å²) in [5, 5.41) is 4.76. The zero-order valence-corrected chi connectivity index (χ0v) is 12.7. The van der Waals surface area contributed by atoms with Crippen molar-refractivity contribution in [3.05, 3.63) is 0 Å². The monoisotopic (exact) mass is 286 g/mol. The molecule has 0 aliphatic carbocycles. The second-order valence-electron chi connectivity index (χ2n) is 4.69. The second kappa shape index (κ2) is 6.63. The van der Waals surface area contributed by atoms with Crippen LogP contribution in [-0.2, 0) is 0 Å². The number of anilines is 2. The average molecular weight is 286 g/mol. The minimum Gasteiger partial charge on any atom is -0.382 e. The summed E-state index contributed by atoms with van der Waals surface area (Å²) in [5.41, 5.74) is 5.85. The van der Waals surface area contributed by atoms with Crippen LogP contribution in [0.15, 0.2) is 4.90 Å². The Morgan fingerprint density at radius 3 is 2.83 bits per heavy atom. The molecule has 1 aromatic heterocycles. The molecule has 0 atom stereocenters. The highest BCUT2D eigenvalue weighted by atomic mass is 32.2. The number of rotatable bonds is 5. The summed E-state index contributed by atoms with van der Waals surface area (Å²) < 4.78 is 4.22. The molecule has 0 bridgehead atoms. The van der Waals surface area contributed by atoms with Crippen molar-refractivity contribution in [3.8, 4) is 0 Å². The van der Waals surface area contributed by atoms with E-state index in [1.54, 1.807) is 11.8 Å². The number of nitrogen functional groups attached to an aromatic ring is 1. The molecule has 0 aromatic carbocycles. The molecule has 0 radical (unpaired) electrons. The van der Waals surface area contributed by atoms with Gasteiger partial charge in [-0.1, -0.05) is 6.92 Å². The molecule has 1 aliphatic rings. The van der Waals surface area contributed by atoms with Crippen molar-refractivity contribution in [1.29, 1.82) is 0 Å². The molecule has 1 fully saturated rings. The number of hydrogen-bond acceptors (Lipinski definition) is 6. The Kier molecular flexibility index (Phi) is 5.14. The van der Waals surface area contributed by atoms with Crippen LogP contribution in [-0.4, -0.2) is 41.2 Å². The van der Waals surface area contributed by atoms with Gasteiger partial charge >= 0.3 is 0 Å². The molecule has 1 saturated heterocycles. The fraction of sp³-hybridized carbons (Fsp3) is 0.750. The maximum Gasteiger partial charge on any atom is 0.153 e. The van der Waals surface area contributed by atoms with Gasteiger partial charge in [0.05, 0.1) is 4.90 Å². The van der Waals surface area contributed by atoms with Crippen LogP contribution in [0.4, 0.5) is 10.8 Å². The van der Waals surface area contributed by atoms with Crippen LogP contribution >= 0.6 is 23.3 Å². The predicted octanol–water partition coefficient (Wildman–Crippen LogP) is 2.73. The van der Waals surface area contributed by atoms with Gasteiger partial charge < -0.3 is 16.0 Å². The van der Waals surface area contributed by atoms with Crippen LogP contribution < -0.4 is 11.1 Å². The highest BCUT2D eigenvalue weighted by molar-refractivity contribution is 7.99. The van der Waals surface area contributed by atoms with Gasteiger partial charge in [-0.15, -0.1) is 11.8 Å². The van der Waals surface area contributed by atoms with E-state index in [1.165, 1.54) is 50.4 Å². The molecular formula is C12H22N4S2. The lowest BCUT2D eigenvalue weighted by Crippen LogP contribution is -2.39. The van der Waals surface area contributed by atoms with E-state index in [-0.39, 0.29) is 0 Å². The van der Waals surface area contributed by atoms with Crippen molar-refractivity contribution >= 4 is 34.1 Å². The molecule has 2 rings (SSSR count). The number of piperidine rings is 1. The summed E-state index contributed by atoms with van der Waals surface area (Å²) in [5.74, 6) is 0.665. The molecule has 0 spiro atoms. The van der Waals surface area contributed by atoms with E-state index in [1.807, 2.05) is 0 Å². The van der Waals surface area contributed by atoms with Crippen molar-refractivity contribution in [2.45, 2.75) is 37.1 Å². The Labute approximate surface area is 117 Å². The zero-order valence-electron chi connectivity index (χ0n) is 11.1. The zero-order chi connectivity index (χ0) is 13.0. The number of thioether (sulfide) groups is 1. The van der Waals surface area contributed by atoms with Crippen molar-refractivity contribution in [2.24, 2.45) is 0 Å². The fourth-order valence-corrected chi connectivity index (χ4v) is 3.99. The molecule has 1 aromatic rings. The number of nitrogens with zero attached hydrogens (tertiary/aromatic N) is 2. The van der Waals surface area contributed by atoms with Gasteiger partial charge in [0.2, 0.25) is 0 Å². The lowest BCUT2D eigenvalue weighted by molar-refractivity contribution is 0.219. The van der Waals surface area contributed by atoms with Gasteiger partial charge in [0.15, 0.2) is 5.82 Å². The fourth-order valence-electron chi connectivity index (χ4n) is 2.39. The molecule has 0 amide bonds. The number of nitrogens with two attached hydrogens (primary N) is 1. The summed E-state index contributed by atoms with van der Waals surface area (Å²) in [6, 6.07) is 0.573. The van der Waals surface area contributed by atoms with Crippen LogP contribution in [0.1, 0.15) is 26.2 Å². The van der Waals surface area contributed by atoms with E-state index in [0.717, 1.165) is 9.90 Å². The maximum atomic E-state index is 5.85. The van der Waals surface area contributed by atoms with Crippen LogP contribution in [0, 0.1) is 0 Å². The van der Waals surface area contributed by atoms with Gasteiger partial charge in [0.25, 0.3) is 0 Å². The van der Waals surface area contributed by atoms with E-state index in [2.05, 4.69) is 27.8 Å². The summed E-state index contributed by atoms with van der Waals surface area (Å²) in [7, 11) is 0. The first-order valence-electron chi connectivity index (χ1n) is 6.52. The Hall–Kier alpha value is -0.460. The number of aromatic nitrogens is 1. The summed E-state index contributed by atoms with van der Waals surface area (Å²) in [4.78, 5) is 3.66. The van der Waals surface area contributed by atoms with Crippen LogP contribution in [0.3, 0.4) is 0 Å². The summed E-state index contributed by atoms with van der Waals surface area (Å²) in [6.45, 7) is 5.88. The third-order valence-corrected chi connectivity index (χ3v) is 5.08. The third kappa shape index (κ3) is 3.30. The molecule has 0 saturated carbocycles. The first-order valence-corrected chi connectivity index (χ1v) is 8.52. The molecule has 6 heteroatoms. The third-order valence-electron chi connectivity index (χ3n) is 3.34. The summed E-state index contributed by atoms with van der Waals surface area (Å²) in [6.07, 6.45) is 5.73. The molecule has 3 N–H and O–H groups in total. The molecule has 4 nitrogen and oxygen atoms in total. The Morgan fingerprint density at radius 1 is 1.50 bits per heavy atom. The number of hydrogen-bond donors (Lipinski definition) is 2. The Balaban J connectivity index is 1.87. The number of nitrogens with one attached hydrogen (secondary N) is 1. The second-order valence-corrected chi connectivity index (χ2v) is 6.28. The molecule has 102 valence electrons. The first kappa shape index (κ1) is 14.0. The van der Waals surface area contributed by atoms with Gasteiger partial charge in [-0.25, -0.2) is 0 Å². The maximum absolute atomic E-state index is 5.85. The van der Waals surface area contributed by atoms with E-state index < -0.39 is 0 Å². The van der Waals surface area contributed by atoms with Gasteiger partial charge in [-0.05, 0) is 43.6 Å². The SMILES string of the molecule is CCCN1CCC(Nc2snc(N)c2SC)CC1. The predicted molar refractivity (Wildman–Crippen MR) is 81.7 cm³/mol. The lowest BCUT2D eigenvalue weighted by atomic mass is 10.1. The normalized spacial score (nSPS) is 18.1. The largest absolute Gasteiger partial charge is 0.382 e. The molecule has 18 heavy (non-hydrogen) atoms. The van der Waals surface area contributed by atoms with Crippen LogP contribution in [0.5, 0.6) is 0 Å². The Morgan fingerprint density at radius 2 is 2.22 bits per heavy atom. The van der Waals surface area contributed by atoms with Crippen LogP contribution in [0.2, 0.25) is 0 Å². The average Bonchev–Trinajstić information content (AvgIpc) is 2.72. The van der Waals surface area contributed by atoms with Crippen molar-refractivity contribution in [2.75, 3.05) is 36.9 Å². The van der Waals surface area contributed by atoms with E-state index in [9.17, 15) is 0 Å². The van der Waals surface area contributed by atoms with E-state index in [0.29, 0.717) is 11.9 Å². The standard InChI is InChI=1S/C12H22N4S2/c1-3-6-16-7-4-9(5-8-16)14-12-10(17-2)11(13)15-18-12/h9,14H,3-8H2,1-2H3,(H2,13,15). The van der Waals surface area contributed by atoms with Gasteiger partial charge in [-0.3, -0.25) is 0 Å². The minimum absolute atomic E-state index is 0.573. The van der Waals surface area contributed by atoms with E-state index >= 15 is 0 Å². The highest BCUT2D eigenvalue weighted by Gasteiger charge is 2.20. The van der Waals surface area contributed by atoms with Gasteiger partial charge in [0.1, 0.15) is 5.00 Å². The molecular weight excluding hydrogens is 264 g/mol. The first-order chi connectivity index (χ1) is 8.74. The topological polar surface area (TPSA) is 54.2 Å². The van der Waals surface area contributed by atoms with Crippen molar-refractivity contribution in [3.63, 3.8) is 0 Å². The van der Waals surface area contributed by atoms with Crippen LogP contribution in [0.25, 0.3) is 0 Å². The van der Waals surface area contributed by atoms with Crippen molar-refractivity contribution in [1.82, 2.24) is 9.27 Å². The Bertz CT molecular complexity index is 372.